The average Bonchev–Trinajstić information content (AvgIpc) is 2.78. The van der Waals surface area contributed by atoms with Gasteiger partial charge in [0.1, 0.15) is 5.82 Å². The van der Waals surface area contributed by atoms with Crippen molar-refractivity contribution in [1.82, 2.24) is 19.6 Å². The molecule has 168 valence electrons. The van der Waals surface area contributed by atoms with Gasteiger partial charge < -0.3 is 4.90 Å². The van der Waals surface area contributed by atoms with E-state index >= 15 is 0 Å². The van der Waals surface area contributed by atoms with Crippen LogP contribution in [0.1, 0.15) is 16.7 Å². The van der Waals surface area contributed by atoms with E-state index in [0.717, 1.165) is 37.3 Å². The lowest BCUT2D eigenvalue weighted by Crippen LogP contribution is -2.45. The average molecular weight is 455 g/mol. The molecule has 5 nitrogen and oxygen atoms in total. The van der Waals surface area contributed by atoms with Crippen LogP contribution < -0.4 is 5.56 Å². The number of likely N-dealkylation sites (N-methyl/N-ethyl adjacent to an activating group) is 1. The van der Waals surface area contributed by atoms with E-state index < -0.39 is 0 Å². The van der Waals surface area contributed by atoms with E-state index in [2.05, 4.69) is 21.9 Å². The minimum absolute atomic E-state index is 0.0847. The maximum atomic E-state index is 13.8. The number of piperazine rings is 1. The fourth-order valence-corrected chi connectivity index (χ4v) is 4.21. The van der Waals surface area contributed by atoms with E-state index in [0.29, 0.717) is 41.4 Å². The van der Waals surface area contributed by atoms with Crippen LogP contribution in [0.15, 0.2) is 53.3 Å². The van der Waals surface area contributed by atoms with Crippen molar-refractivity contribution in [3.8, 4) is 11.3 Å². The number of aromatic nitrogens is 2. The monoisotopic (exact) mass is 454 g/mol. The molecule has 2 aromatic carbocycles. The highest BCUT2D eigenvalue weighted by Crippen LogP contribution is 2.21. The second kappa shape index (κ2) is 9.94. The van der Waals surface area contributed by atoms with Gasteiger partial charge in [0.05, 0.1) is 5.69 Å². The topological polar surface area (TPSA) is 41.4 Å². The number of nitrogens with zero attached hydrogens (tertiary/aromatic N) is 4. The molecule has 4 rings (SSSR count). The number of halogens is 2. The number of hydrogen-bond donors (Lipinski definition) is 0. The summed E-state index contributed by atoms with van der Waals surface area (Å²) < 4.78 is 15.4. The molecule has 0 atom stereocenters. The Kier molecular flexibility index (Phi) is 7.04. The Bertz CT molecular complexity index is 1150. The van der Waals surface area contributed by atoms with Crippen molar-refractivity contribution >= 4 is 11.6 Å². The van der Waals surface area contributed by atoms with Crippen LogP contribution in [0.5, 0.6) is 0 Å². The fraction of sp³-hybridized carbons (Fsp3) is 0.360. The molecule has 0 N–H and O–H groups in total. The Morgan fingerprint density at radius 3 is 2.50 bits per heavy atom. The minimum atomic E-state index is -0.251. The Labute approximate surface area is 193 Å². The molecule has 0 aliphatic carbocycles. The van der Waals surface area contributed by atoms with Crippen molar-refractivity contribution in [2.45, 2.75) is 26.4 Å². The summed E-state index contributed by atoms with van der Waals surface area (Å²) in [4.78, 5) is 17.9. The summed E-state index contributed by atoms with van der Waals surface area (Å²) in [6.45, 7) is 6.54. The zero-order valence-corrected chi connectivity index (χ0v) is 19.3. The SMILES string of the molecule is Cc1cc(-c2cc(CN3CCN(C)CC3)c(=O)n(CCc3ccccc3Cl)n2)ccc1F. The van der Waals surface area contributed by atoms with Gasteiger partial charge in [0.25, 0.3) is 5.56 Å². The van der Waals surface area contributed by atoms with E-state index in [1.165, 1.54) is 10.7 Å². The van der Waals surface area contributed by atoms with E-state index in [-0.39, 0.29) is 11.4 Å². The largest absolute Gasteiger partial charge is 0.304 e. The van der Waals surface area contributed by atoms with Gasteiger partial charge >= 0.3 is 0 Å². The molecule has 0 radical (unpaired) electrons. The Balaban J connectivity index is 1.67. The Hall–Kier alpha value is -2.54. The van der Waals surface area contributed by atoms with Crippen LogP contribution in [0.4, 0.5) is 4.39 Å². The van der Waals surface area contributed by atoms with Crippen LogP contribution in [-0.2, 0) is 19.5 Å². The van der Waals surface area contributed by atoms with Crippen LogP contribution in [0.2, 0.25) is 5.02 Å². The number of hydrogen-bond acceptors (Lipinski definition) is 4. The molecule has 7 heteroatoms. The predicted octanol–water partition coefficient (Wildman–Crippen LogP) is 4.00. The first kappa shape index (κ1) is 22.6. The summed E-state index contributed by atoms with van der Waals surface area (Å²) in [5.74, 6) is -0.251. The smallest absolute Gasteiger partial charge is 0.271 e. The van der Waals surface area contributed by atoms with Crippen LogP contribution in [0, 0.1) is 12.7 Å². The summed E-state index contributed by atoms with van der Waals surface area (Å²) in [5.41, 5.74) is 3.63. The first-order valence-corrected chi connectivity index (χ1v) is 11.3. The van der Waals surface area contributed by atoms with Gasteiger partial charge in [0, 0.05) is 55.4 Å². The van der Waals surface area contributed by atoms with Gasteiger partial charge in [-0.1, -0.05) is 29.8 Å². The molecule has 3 aromatic rings. The molecule has 1 aromatic heterocycles. The van der Waals surface area contributed by atoms with Gasteiger partial charge in [0.15, 0.2) is 0 Å². The second-order valence-corrected chi connectivity index (χ2v) is 8.88. The third kappa shape index (κ3) is 5.26. The van der Waals surface area contributed by atoms with Gasteiger partial charge in [-0.2, -0.15) is 5.10 Å². The maximum Gasteiger partial charge on any atom is 0.271 e. The molecule has 0 spiro atoms. The third-order valence-corrected chi connectivity index (χ3v) is 6.41. The lowest BCUT2D eigenvalue weighted by Gasteiger charge is -2.32. The molecule has 0 saturated carbocycles. The molecule has 0 amide bonds. The molecule has 32 heavy (non-hydrogen) atoms. The highest BCUT2D eigenvalue weighted by Gasteiger charge is 2.18. The molecule has 1 fully saturated rings. The second-order valence-electron chi connectivity index (χ2n) is 8.47. The summed E-state index contributed by atoms with van der Waals surface area (Å²) in [6.07, 6.45) is 0.604. The van der Waals surface area contributed by atoms with E-state index in [1.54, 1.807) is 19.1 Å². The van der Waals surface area contributed by atoms with Gasteiger partial charge in [-0.05, 0) is 61.9 Å². The molecular formula is C25H28ClFN4O. The van der Waals surface area contributed by atoms with Crippen LogP contribution in [-0.4, -0.2) is 52.8 Å². The van der Waals surface area contributed by atoms with Crippen molar-refractivity contribution in [2.24, 2.45) is 0 Å². The number of aryl methyl sites for hydroxylation is 3. The lowest BCUT2D eigenvalue weighted by molar-refractivity contribution is 0.147. The van der Waals surface area contributed by atoms with Gasteiger partial charge in [-0.3, -0.25) is 9.69 Å². The number of benzene rings is 2. The first-order valence-electron chi connectivity index (χ1n) is 10.9. The van der Waals surface area contributed by atoms with Crippen molar-refractivity contribution in [2.75, 3.05) is 33.2 Å². The van der Waals surface area contributed by atoms with Gasteiger partial charge in [-0.15, -0.1) is 0 Å². The quantitative estimate of drug-likeness (QED) is 0.564. The van der Waals surface area contributed by atoms with Crippen molar-refractivity contribution < 1.29 is 4.39 Å². The summed E-state index contributed by atoms with van der Waals surface area (Å²) in [7, 11) is 2.11. The molecular weight excluding hydrogens is 427 g/mol. The van der Waals surface area contributed by atoms with Crippen molar-refractivity contribution in [3.63, 3.8) is 0 Å². The predicted molar refractivity (Wildman–Crippen MR) is 127 cm³/mol. The Morgan fingerprint density at radius 2 is 1.78 bits per heavy atom. The highest BCUT2D eigenvalue weighted by atomic mass is 35.5. The zero-order valence-electron chi connectivity index (χ0n) is 18.5. The van der Waals surface area contributed by atoms with Gasteiger partial charge in [-0.25, -0.2) is 9.07 Å². The third-order valence-electron chi connectivity index (χ3n) is 6.04. The standard InChI is InChI=1S/C25H28ClFN4O/c1-18-15-20(7-8-23(18)27)24-16-21(17-30-13-11-29(2)12-14-30)25(32)31(28-24)10-9-19-5-3-4-6-22(19)26/h3-8,15-16H,9-14,17H2,1-2H3. The highest BCUT2D eigenvalue weighted by molar-refractivity contribution is 6.31. The normalized spacial score (nSPS) is 15.2. The Morgan fingerprint density at radius 1 is 1.03 bits per heavy atom. The zero-order chi connectivity index (χ0) is 22.7. The molecule has 1 aliphatic rings. The molecule has 2 heterocycles. The maximum absolute atomic E-state index is 13.8. The van der Waals surface area contributed by atoms with E-state index in [1.807, 2.05) is 30.3 Å². The minimum Gasteiger partial charge on any atom is -0.304 e. The van der Waals surface area contributed by atoms with Crippen LogP contribution in [0.3, 0.4) is 0 Å². The molecule has 0 bridgehead atoms. The van der Waals surface area contributed by atoms with Crippen molar-refractivity contribution in [1.29, 1.82) is 0 Å². The van der Waals surface area contributed by atoms with E-state index in [4.69, 9.17) is 11.6 Å². The summed E-state index contributed by atoms with van der Waals surface area (Å²) in [5, 5.41) is 5.32. The molecule has 0 unspecified atom stereocenters. The van der Waals surface area contributed by atoms with E-state index in [9.17, 15) is 9.18 Å². The summed E-state index contributed by atoms with van der Waals surface area (Å²) in [6, 6.07) is 14.4. The lowest BCUT2D eigenvalue weighted by atomic mass is 10.1. The van der Waals surface area contributed by atoms with Crippen LogP contribution in [0.25, 0.3) is 11.3 Å². The fourth-order valence-electron chi connectivity index (χ4n) is 3.98. The molecule has 1 aliphatic heterocycles. The summed E-state index contributed by atoms with van der Waals surface area (Å²) >= 11 is 6.31. The van der Waals surface area contributed by atoms with Crippen molar-refractivity contribution in [3.05, 3.63) is 86.4 Å². The number of rotatable bonds is 6. The van der Waals surface area contributed by atoms with Crippen LogP contribution >= 0.6 is 11.6 Å². The first-order chi connectivity index (χ1) is 15.4. The molecule has 1 saturated heterocycles. The van der Waals surface area contributed by atoms with Gasteiger partial charge in [0.2, 0.25) is 0 Å².